The lowest BCUT2D eigenvalue weighted by atomic mass is 9.98. The predicted molar refractivity (Wildman–Crippen MR) is 82.8 cm³/mol. The number of hydrogen-bond donors (Lipinski definition) is 1. The van der Waals surface area contributed by atoms with Gasteiger partial charge in [0.25, 0.3) is 0 Å². The van der Waals surface area contributed by atoms with Crippen LogP contribution in [0.2, 0.25) is 0 Å². The van der Waals surface area contributed by atoms with Gasteiger partial charge in [-0.15, -0.1) is 0 Å². The van der Waals surface area contributed by atoms with E-state index in [1.165, 1.54) is 16.3 Å². The van der Waals surface area contributed by atoms with Gasteiger partial charge in [-0.2, -0.15) is 0 Å². The fraction of sp³-hybridized carbons (Fsp3) is 0.412. The molecule has 0 saturated carbocycles. The number of rotatable bonds is 7. The van der Waals surface area contributed by atoms with Crippen molar-refractivity contribution in [3.05, 3.63) is 48.0 Å². The van der Waals surface area contributed by atoms with Crippen LogP contribution in [0.5, 0.6) is 0 Å². The van der Waals surface area contributed by atoms with E-state index < -0.39 is 0 Å². The highest BCUT2D eigenvalue weighted by atomic mass is 16.7. The SMILES string of the molecule is CCCNC(c1cccc2ccccc12)C(OC)OC. The molecule has 0 radical (unpaired) electrons. The Bertz CT molecular complexity index is 532. The standard InChI is InChI=1S/C17H23NO2/c1-4-12-18-16(17(19-2)20-3)15-11-7-9-13-8-5-6-10-14(13)15/h5-11,16-18H,4,12H2,1-3H3. The monoisotopic (exact) mass is 273 g/mol. The van der Waals surface area contributed by atoms with E-state index in [1.54, 1.807) is 14.2 Å². The van der Waals surface area contributed by atoms with Crippen LogP contribution < -0.4 is 5.32 Å². The van der Waals surface area contributed by atoms with E-state index in [0.29, 0.717) is 0 Å². The summed E-state index contributed by atoms with van der Waals surface area (Å²) < 4.78 is 11.0. The summed E-state index contributed by atoms with van der Waals surface area (Å²) in [4.78, 5) is 0. The van der Waals surface area contributed by atoms with Crippen molar-refractivity contribution in [2.45, 2.75) is 25.7 Å². The molecule has 2 rings (SSSR count). The maximum Gasteiger partial charge on any atom is 0.176 e. The van der Waals surface area contributed by atoms with Gasteiger partial charge in [-0.3, -0.25) is 0 Å². The number of ether oxygens (including phenoxy) is 2. The van der Waals surface area contributed by atoms with Crippen LogP contribution >= 0.6 is 0 Å². The van der Waals surface area contributed by atoms with E-state index in [2.05, 4.69) is 54.7 Å². The summed E-state index contributed by atoms with van der Waals surface area (Å²) in [5.74, 6) is 0. The van der Waals surface area contributed by atoms with Gasteiger partial charge in [0, 0.05) is 14.2 Å². The molecule has 0 heterocycles. The first-order valence-corrected chi connectivity index (χ1v) is 7.08. The van der Waals surface area contributed by atoms with Crippen molar-refractivity contribution >= 4 is 10.8 Å². The minimum Gasteiger partial charge on any atom is -0.354 e. The van der Waals surface area contributed by atoms with Crippen LogP contribution in [-0.4, -0.2) is 27.1 Å². The molecule has 0 aromatic heterocycles. The van der Waals surface area contributed by atoms with Crippen LogP contribution in [0.3, 0.4) is 0 Å². The molecule has 0 amide bonds. The predicted octanol–water partition coefficient (Wildman–Crippen LogP) is 3.50. The first-order valence-electron chi connectivity index (χ1n) is 7.08. The molecular weight excluding hydrogens is 250 g/mol. The van der Waals surface area contributed by atoms with E-state index in [4.69, 9.17) is 9.47 Å². The second-order valence-corrected chi connectivity index (χ2v) is 4.84. The normalized spacial score (nSPS) is 13.0. The summed E-state index contributed by atoms with van der Waals surface area (Å²) in [7, 11) is 3.36. The molecule has 1 unspecified atom stereocenters. The second-order valence-electron chi connectivity index (χ2n) is 4.84. The van der Waals surface area contributed by atoms with Crippen LogP contribution in [0, 0.1) is 0 Å². The van der Waals surface area contributed by atoms with Crippen molar-refractivity contribution in [1.82, 2.24) is 5.32 Å². The Labute approximate surface area is 120 Å². The lowest BCUT2D eigenvalue weighted by Gasteiger charge is -2.27. The molecule has 2 aromatic carbocycles. The molecule has 108 valence electrons. The van der Waals surface area contributed by atoms with Crippen LogP contribution in [0.4, 0.5) is 0 Å². The van der Waals surface area contributed by atoms with Gasteiger partial charge in [0.1, 0.15) is 0 Å². The Hall–Kier alpha value is -1.42. The van der Waals surface area contributed by atoms with Gasteiger partial charge in [0.15, 0.2) is 6.29 Å². The molecule has 2 aromatic rings. The molecule has 3 nitrogen and oxygen atoms in total. The summed E-state index contributed by atoms with van der Waals surface area (Å²) in [6, 6.07) is 14.8. The zero-order chi connectivity index (χ0) is 14.4. The zero-order valence-corrected chi connectivity index (χ0v) is 12.4. The molecule has 1 N–H and O–H groups in total. The fourth-order valence-corrected chi connectivity index (χ4v) is 2.54. The average molecular weight is 273 g/mol. The third-order valence-electron chi connectivity index (χ3n) is 3.51. The van der Waals surface area contributed by atoms with E-state index >= 15 is 0 Å². The third-order valence-corrected chi connectivity index (χ3v) is 3.51. The van der Waals surface area contributed by atoms with Gasteiger partial charge < -0.3 is 14.8 Å². The molecule has 0 aliphatic carbocycles. The van der Waals surface area contributed by atoms with Crippen molar-refractivity contribution in [1.29, 1.82) is 0 Å². The van der Waals surface area contributed by atoms with E-state index in [1.807, 2.05) is 0 Å². The topological polar surface area (TPSA) is 30.5 Å². The first kappa shape index (κ1) is 15.0. The Balaban J connectivity index is 2.44. The zero-order valence-electron chi connectivity index (χ0n) is 12.4. The Kier molecular flexibility index (Phi) is 5.53. The van der Waals surface area contributed by atoms with Crippen LogP contribution in [0.1, 0.15) is 24.9 Å². The maximum atomic E-state index is 5.48. The minimum absolute atomic E-state index is 0.0241. The quantitative estimate of drug-likeness (QED) is 0.783. The summed E-state index contributed by atoms with van der Waals surface area (Å²) in [5.41, 5.74) is 1.21. The molecule has 0 aliphatic heterocycles. The van der Waals surface area contributed by atoms with Gasteiger partial charge in [-0.25, -0.2) is 0 Å². The van der Waals surface area contributed by atoms with Crippen molar-refractivity contribution < 1.29 is 9.47 Å². The largest absolute Gasteiger partial charge is 0.354 e. The lowest BCUT2D eigenvalue weighted by Crippen LogP contribution is -2.35. The molecule has 0 saturated heterocycles. The number of methoxy groups -OCH3 is 2. The third kappa shape index (κ3) is 3.18. The molecule has 20 heavy (non-hydrogen) atoms. The summed E-state index contributed by atoms with van der Waals surface area (Å²) in [6.07, 6.45) is 0.772. The number of nitrogens with one attached hydrogen (secondary N) is 1. The van der Waals surface area contributed by atoms with Gasteiger partial charge >= 0.3 is 0 Å². The molecule has 1 atom stereocenters. The highest BCUT2D eigenvalue weighted by Gasteiger charge is 2.23. The van der Waals surface area contributed by atoms with Crippen molar-refractivity contribution in [3.8, 4) is 0 Å². The van der Waals surface area contributed by atoms with Crippen LogP contribution in [-0.2, 0) is 9.47 Å². The van der Waals surface area contributed by atoms with Crippen LogP contribution in [0.15, 0.2) is 42.5 Å². The van der Waals surface area contributed by atoms with Gasteiger partial charge in [0.2, 0.25) is 0 Å². The smallest absolute Gasteiger partial charge is 0.176 e. The number of benzene rings is 2. The first-order chi connectivity index (χ1) is 9.81. The molecule has 0 bridgehead atoms. The minimum atomic E-state index is -0.299. The van der Waals surface area contributed by atoms with E-state index in [0.717, 1.165) is 13.0 Å². The van der Waals surface area contributed by atoms with E-state index in [-0.39, 0.29) is 12.3 Å². The lowest BCUT2D eigenvalue weighted by molar-refractivity contribution is -0.123. The highest BCUT2D eigenvalue weighted by molar-refractivity contribution is 5.86. The summed E-state index contributed by atoms with van der Waals surface area (Å²) in [5, 5.41) is 6.00. The molecule has 0 aliphatic rings. The van der Waals surface area contributed by atoms with Gasteiger partial charge in [0.05, 0.1) is 6.04 Å². The molecular formula is C17H23NO2. The molecule has 0 fully saturated rings. The number of hydrogen-bond acceptors (Lipinski definition) is 3. The Morgan fingerprint density at radius 3 is 2.40 bits per heavy atom. The molecule has 0 spiro atoms. The van der Waals surface area contributed by atoms with E-state index in [9.17, 15) is 0 Å². The Morgan fingerprint density at radius 2 is 1.70 bits per heavy atom. The highest BCUT2D eigenvalue weighted by Crippen LogP contribution is 2.27. The summed E-state index contributed by atoms with van der Waals surface area (Å²) >= 11 is 0. The van der Waals surface area contributed by atoms with Gasteiger partial charge in [-0.1, -0.05) is 49.4 Å². The van der Waals surface area contributed by atoms with Crippen molar-refractivity contribution in [3.63, 3.8) is 0 Å². The number of fused-ring (bicyclic) bond motifs is 1. The van der Waals surface area contributed by atoms with Crippen molar-refractivity contribution in [2.24, 2.45) is 0 Å². The maximum absolute atomic E-state index is 5.48. The average Bonchev–Trinajstić information content (AvgIpc) is 2.51. The second kappa shape index (κ2) is 7.39. The van der Waals surface area contributed by atoms with Crippen LogP contribution in [0.25, 0.3) is 10.8 Å². The van der Waals surface area contributed by atoms with Gasteiger partial charge in [-0.05, 0) is 29.3 Å². The van der Waals surface area contributed by atoms with Crippen molar-refractivity contribution in [2.75, 3.05) is 20.8 Å². The summed E-state index contributed by atoms with van der Waals surface area (Å²) in [6.45, 7) is 3.08. The molecule has 3 heteroatoms. The Morgan fingerprint density at radius 1 is 1.00 bits per heavy atom. The fourth-order valence-electron chi connectivity index (χ4n) is 2.54.